The molecule has 1 unspecified atom stereocenters. The molecular formula is C41H73NO4. The molecule has 0 amide bonds. The van der Waals surface area contributed by atoms with Crippen molar-refractivity contribution in [2.75, 3.05) is 27.2 Å². The minimum Gasteiger partial charge on any atom is -0.462 e. The highest BCUT2D eigenvalue weighted by molar-refractivity contribution is 5.70. The second kappa shape index (κ2) is 35.9. The van der Waals surface area contributed by atoms with Crippen molar-refractivity contribution in [3.63, 3.8) is 0 Å². The zero-order valence-electron chi connectivity index (χ0n) is 30.9. The molecule has 0 saturated carbocycles. The van der Waals surface area contributed by atoms with E-state index in [0.29, 0.717) is 19.4 Å². The van der Waals surface area contributed by atoms with Crippen LogP contribution in [0.15, 0.2) is 0 Å². The van der Waals surface area contributed by atoms with Crippen molar-refractivity contribution in [1.82, 2.24) is 4.90 Å². The minimum absolute atomic E-state index is 0.139. The van der Waals surface area contributed by atoms with Crippen molar-refractivity contribution < 1.29 is 19.1 Å². The van der Waals surface area contributed by atoms with Gasteiger partial charge in [0.05, 0.1) is 0 Å². The molecule has 0 bridgehead atoms. The number of carbonyl (C=O) groups excluding carboxylic acids is 2. The molecule has 0 spiro atoms. The average Bonchev–Trinajstić information content (AvgIpc) is 3.03. The third-order valence-corrected chi connectivity index (χ3v) is 8.16. The number of hydrogen-bond acceptors (Lipinski definition) is 5. The highest BCUT2D eigenvalue weighted by atomic mass is 16.6. The first-order valence-electron chi connectivity index (χ1n) is 19.4. The molecule has 5 heteroatoms. The molecule has 46 heavy (non-hydrogen) atoms. The standard InChI is InChI=1S/C41H73NO4/c1-5-7-9-11-13-15-17-19-21-23-25-27-29-31-33-35-40(43)45-38-39(37-42(3)4)46-41(44)36-34-32-30-28-26-24-22-20-18-16-14-12-10-8-6-2/h39H,5-8,13-38H2,1-4H3. The maximum atomic E-state index is 12.4. The number of hydrogen-bond donors (Lipinski definition) is 0. The first-order chi connectivity index (χ1) is 22.5. The van der Waals surface area contributed by atoms with Crippen LogP contribution in [0.2, 0.25) is 0 Å². The van der Waals surface area contributed by atoms with E-state index in [-0.39, 0.29) is 18.5 Å². The van der Waals surface area contributed by atoms with Crippen LogP contribution in [0, 0.1) is 23.7 Å². The number of unbranched alkanes of at least 4 members (excludes halogenated alkanes) is 22. The Labute approximate surface area is 286 Å². The molecule has 0 aliphatic carbocycles. The lowest BCUT2D eigenvalue weighted by atomic mass is 10.1. The van der Waals surface area contributed by atoms with E-state index in [9.17, 15) is 9.59 Å². The molecule has 0 aromatic carbocycles. The lowest BCUT2D eigenvalue weighted by molar-refractivity contribution is -0.160. The smallest absolute Gasteiger partial charge is 0.306 e. The number of nitrogens with zero attached hydrogens (tertiary/aromatic N) is 1. The van der Waals surface area contributed by atoms with Gasteiger partial charge in [-0.15, -0.1) is 23.7 Å². The fraction of sp³-hybridized carbons (Fsp3) is 0.854. The molecule has 0 aromatic heterocycles. The van der Waals surface area contributed by atoms with Crippen LogP contribution < -0.4 is 0 Å². The van der Waals surface area contributed by atoms with Crippen molar-refractivity contribution >= 4 is 11.9 Å². The van der Waals surface area contributed by atoms with Crippen LogP contribution in [0.3, 0.4) is 0 Å². The zero-order valence-corrected chi connectivity index (χ0v) is 30.9. The van der Waals surface area contributed by atoms with Crippen molar-refractivity contribution in [1.29, 1.82) is 0 Å². The number of likely N-dealkylation sites (N-methyl/N-ethyl adjacent to an activating group) is 1. The van der Waals surface area contributed by atoms with Crippen LogP contribution in [-0.2, 0) is 19.1 Å². The van der Waals surface area contributed by atoms with Crippen molar-refractivity contribution in [2.45, 2.75) is 200 Å². The second-order valence-corrected chi connectivity index (χ2v) is 13.3. The van der Waals surface area contributed by atoms with Gasteiger partial charge >= 0.3 is 11.9 Å². The molecule has 266 valence electrons. The normalized spacial score (nSPS) is 11.4. The van der Waals surface area contributed by atoms with Gasteiger partial charge in [-0.1, -0.05) is 117 Å². The van der Waals surface area contributed by atoms with E-state index in [1.54, 1.807) is 0 Å². The Morgan fingerprint density at radius 1 is 0.500 bits per heavy atom. The van der Waals surface area contributed by atoms with Gasteiger partial charge in [0, 0.05) is 45.1 Å². The second-order valence-electron chi connectivity index (χ2n) is 13.3. The fourth-order valence-corrected chi connectivity index (χ4v) is 5.43. The van der Waals surface area contributed by atoms with E-state index in [2.05, 4.69) is 37.5 Å². The molecule has 0 aromatic rings. The average molecular weight is 644 g/mol. The van der Waals surface area contributed by atoms with E-state index in [1.165, 1.54) is 103 Å². The molecule has 0 aliphatic rings. The largest absolute Gasteiger partial charge is 0.462 e. The van der Waals surface area contributed by atoms with Crippen molar-refractivity contribution in [3.8, 4) is 23.7 Å². The van der Waals surface area contributed by atoms with Crippen LogP contribution >= 0.6 is 0 Å². The summed E-state index contributed by atoms with van der Waals surface area (Å²) >= 11 is 0. The Balaban J connectivity index is 3.75. The predicted octanol–water partition coefficient (Wildman–Crippen LogP) is 11.0. The summed E-state index contributed by atoms with van der Waals surface area (Å²) in [6.07, 6.45) is 31.2. The van der Waals surface area contributed by atoms with E-state index in [1.807, 2.05) is 19.0 Å². The molecule has 0 fully saturated rings. The Morgan fingerprint density at radius 2 is 0.848 bits per heavy atom. The maximum Gasteiger partial charge on any atom is 0.306 e. The predicted molar refractivity (Wildman–Crippen MR) is 196 cm³/mol. The third-order valence-electron chi connectivity index (χ3n) is 8.16. The monoisotopic (exact) mass is 644 g/mol. The molecule has 0 saturated heterocycles. The minimum atomic E-state index is -0.413. The van der Waals surface area contributed by atoms with Crippen molar-refractivity contribution in [3.05, 3.63) is 0 Å². The van der Waals surface area contributed by atoms with Crippen LogP contribution in [0.1, 0.15) is 194 Å². The Bertz CT molecular complexity index is 816. The summed E-state index contributed by atoms with van der Waals surface area (Å²) in [5.41, 5.74) is 0. The van der Waals surface area contributed by atoms with Gasteiger partial charge in [0.25, 0.3) is 0 Å². The first kappa shape index (κ1) is 44.0. The Morgan fingerprint density at radius 3 is 1.24 bits per heavy atom. The summed E-state index contributed by atoms with van der Waals surface area (Å²) in [5, 5.41) is 0. The van der Waals surface area contributed by atoms with E-state index >= 15 is 0 Å². The molecule has 0 heterocycles. The third kappa shape index (κ3) is 34.9. The summed E-state index contributed by atoms with van der Waals surface area (Å²) < 4.78 is 11.2. The molecule has 0 N–H and O–H groups in total. The number of carbonyl (C=O) groups is 2. The summed E-state index contributed by atoms with van der Waals surface area (Å²) in [7, 11) is 3.88. The lowest BCUT2D eigenvalue weighted by Crippen LogP contribution is -2.34. The quantitative estimate of drug-likeness (QED) is 0.0427. The summed E-state index contributed by atoms with van der Waals surface area (Å²) in [5.74, 6) is 12.6. The molecule has 5 nitrogen and oxygen atoms in total. The SMILES string of the molecule is CCCC#CCCCCCCCCCCCCC(=O)OCC(CN(C)C)OC(=O)CCCCCCCCCCCCC#CCCC. The molecule has 1 atom stereocenters. The molecular weight excluding hydrogens is 570 g/mol. The lowest BCUT2D eigenvalue weighted by Gasteiger charge is -2.21. The topological polar surface area (TPSA) is 55.8 Å². The van der Waals surface area contributed by atoms with Gasteiger partial charge in [0.1, 0.15) is 12.7 Å². The fourth-order valence-electron chi connectivity index (χ4n) is 5.43. The molecule has 0 aliphatic heterocycles. The van der Waals surface area contributed by atoms with Gasteiger partial charge in [0.15, 0.2) is 0 Å². The van der Waals surface area contributed by atoms with Gasteiger partial charge < -0.3 is 14.4 Å². The molecule has 0 rings (SSSR count). The van der Waals surface area contributed by atoms with E-state index < -0.39 is 6.10 Å². The highest BCUT2D eigenvalue weighted by Gasteiger charge is 2.18. The van der Waals surface area contributed by atoms with Gasteiger partial charge in [-0.25, -0.2) is 0 Å². The zero-order chi connectivity index (χ0) is 33.8. The number of esters is 2. The van der Waals surface area contributed by atoms with Gasteiger partial charge in [-0.2, -0.15) is 0 Å². The number of ether oxygens (including phenoxy) is 2. The Hall–Kier alpha value is -1.98. The van der Waals surface area contributed by atoms with Crippen LogP contribution in [0.25, 0.3) is 0 Å². The molecule has 0 radical (unpaired) electrons. The van der Waals surface area contributed by atoms with Gasteiger partial charge in [-0.05, 0) is 52.6 Å². The van der Waals surface area contributed by atoms with Crippen LogP contribution in [0.4, 0.5) is 0 Å². The van der Waals surface area contributed by atoms with E-state index in [0.717, 1.165) is 64.2 Å². The highest BCUT2D eigenvalue weighted by Crippen LogP contribution is 2.14. The maximum absolute atomic E-state index is 12.4. The van der Waals surface area contributed by atoms with E-state index in [4.69, 9.17) is 9.47 Å². The van der Waals surface area contributed by atoms with Gasteiger partial charge in [-0.3, -0.25) is 9.59 Å². The van der Waals surface area contributed by atoms with Crippen LogP contribution in [-0.4, -0.2) is 50.2 Å². The Kier molecular flexibility index (Phi) is 34.3. The van der Waals surface area contributed by atoms with Gasteiger partial charge in [0.2, 0.25) is 0 Å². The first-order valence-corrected chi connectivity index (χ1v) is 19.4. The summed E-state index contributed by atoms with van der Waals surface area (Å²) in [6.45, 7) is 5.04. The summed E-state index contributed by atoms with van der Waals surface area (Å²) in [4.78, 5) is 26.7. The summed E-state index contributed by atoms with van der Waals surface area (Å²) in [6, 6.07) is 0. The number of rotatable bonds is 31. The van der Waals surface area contributed by atoms with Crippen molar-refractivity contribution in [2.24, 2.45) is 0 Å². The van der Waals surface area contributed by atoms with Crippen LogP contribution in [0.5, 0.6) is 0 Å².